The summed E-state index contributed by atoms with van der Waals surface area (Å²) in [5.74, 6) is 1.32. The number of rotatable bonds is 5. The predicted octanol–water partition coefficient (Wildman–Crippen LogP) is 4.03. The average molecular weight is 308 g/mol. The van der Waals surface area contributed by atoms with Crippen LogP contribution in [-0.4, -0.2) is 13.7 Å². The summed E-state index contributed by atoms with van der Waals surface area (Å²) in [5.41, 5.74) is 1.07. The Bertz CT molecular complexity index is 891. The fourth-order valence-electron chi connectivity index (χ4n) is 2.33. The number of benzene rings is 2. The molecule has 2 aromatic carbocycles. The van der Waals surface area contributed by atoms with Crippen LogP contribution in [0.5, 0.6) is 11.5 Å². The zero-order valence-corrected chi connectivity index (χ0v) is 12.7. The Kier molecular flexibility index (Phi) is 4.15. The standard InChI is InChI=1S/C19H16O4/c1-3-12-22-19-17(20)15-6-4-5-7-16(15)23-18(19)13-8-10-14(21-2)11-9-13/h3-11H,1,12H2,2H3. The van der Waals surface area contributed by atoms with Gasteiger partial charge in [-0.25, -0.2) is 0 Å². The molecule has 0 radical (unpaired) electrons. The van der Waals surface area contributed by atoms with Crippen LogP contribution in [0.4, 0.5) is 0 Å². The summed E-state index contributed by atoms with van der Waals surface area (Å²) >= 11 is 0. The second-order valence-electron chi connectivity index (χ2n) is 4.91. The van der Waals surface area contributed by atoms with Crippen molar-refractivity contribution in [3.8, 4) is 22.8 Å². The molecule has 0 amide bonds. The van der Waals surface area contributed by atoms with Crippen molar-refractivity contribution in [2.24, 2.45) is 0 Å². The highest BCUT2D eigenvalue weighted by Crippen LogP contribution is 2.31. The maximum Gasteiger partial charge on any atom is 0.235 e. The smallest absolute Gasteiger partial charge is 0.235 e. The predicted molar refractivity (Wildman–Crippen MR) is 90.2 cm³/mol. The van der Waals surface area contributed by atoms with E-state index in [2.05, 4.69) is 6.58 Å². The second kappa shape index (κ2) is 6.40. The van der Waals surface area contributed by atoms with Crippen LogP contribution in [0.15, 0.2) is 70.4 Å². The molecular weight excluding hydrogens is 292 g/mol. The molecule has 3 aromatic rings. The van der Waals surface area contributed by atoms with Crippen molar-refractivity contribution in [2.45, 2.75) is 0 Å². The van der Waals surface area contributed by atoms with Crippen molar-refractivity contribution >= 4 is 11.0 Å². The van der Waals surface area contributed by atoms with E-state index in [4.69, 9.17) is 13.9 Å². The maximum absolute atomic E-state index is 12.7. The third-order valence-electron chi connectivity index (χ3n) is 3.45. The van der Waals surface area contributed by atoms with Crippen molar-refractivity contribution in [1.29, 1.82) is 0 Å². The zero-order chi connectivity index (χ0) is 16.2. The first-order valence-electron chi connectivity index (χ1n) is 7.18. The lowest BCUT2D eigenvalue weighted by atomic mass is 10.1. The van der Waals surface area contributed by atoms with E-state index in [0.29, 0.717) is 16.7 Å². The van der Waals surface area contributed by atoms with Gasteiger partial charge in [0.25, 0.3) is 0 Å². The number of hydrogen-bond acceptors (Lipinski definition) is 4. The number of para-hydroxylation sites is 1. The molecule has 0 saturated carbocycles. The van der Waals surface area contributed by atoms with Crippen LogP contribution in [0.3, 0.4) is 0 Å². The van der Waals surface area contributed by atoms with Gasteiger partial charge < -0.3 is 13.9 Å². The van der Waals surface area contributed by atoms with E-state index < -0.39 is 0 Å². The molecule has 0 spiro atoms. The van der Waals surface area contributed by atoms with Gasteiger partial charge in [-0.05, 0) is 36.4 Å². The van der Waals surface area contributed by atoms with E-state index in [1.165, 1.54) is 0 Å². The van der Waals surface area contributed by atoms with E-state index in [1.54, 1.807) is 31.4 Å². The van der Waals surface area contributed by atoms with Crippen LogP contribution < -0.4 is 14.9 Å². The first-order chi connectivity index (χ1) is 11.2. The van der Waals surface area contributed by atoms with Gasteiger partial charge in [-0.3, -0.25) is 4.79 Å². The topological polar surface area (TPSA) is 48.7 Å². The highest BCUT2D eigenvalue weighted by molar-refractivity contribution is 5.82. The van der Waals surface area contributed by atoms with E-state index in [1.807, 2.05) is 30.3 Å². The molecular formula is C19H16O4. The molecule has 0 saturated heterocycles. The van der Waals surface area contributed by atoms with Gasteiger partial charge in [-0.15, -0.1) is 0 Å². The van der Waals surface area contributed by atoms with Gasteiger partial charge in [-0.1, -0.05) is 24.8 Å². The summed E-state index contributed by atoms with van der Waals surface area (Å²) in [7, 11) is 1.60. The van der Waals surface area contributed by atoms with Gasteiger partial charge in [0.1, 0.15) is 17.9 Å². The van der Waals surface area contributed by atoms with Gasteiger partial charge >= 0.3 is 0 Å². The minimum Gasteiger partial charge on any atom is -0.497 e. The van der Waals surface area contributed by atoms with E-state index in [0.717, 1.165) is 11.3 Å². The van der Waals surface area contributed by atoms with Crippen molar-refractivity contribution in [2.75, 3.05) is 13.7 Å². The number of ether oxygens (including phenoxy) is 2. The fourth-order valence-corrected chi connectivity index (χ4v) is 2.33. The molecule has 0 aliphatic heterocycles. The van der Waals surface area contributed by atoms with Crippen molar-refractivity contribution < 1.29 is 13.9 Å². The van der Waals surface area contributed by atoms with Gasteiger partial charge in [0.05, 0.1) is 12.5 Å². The Hall–Kier alpha value is -3.01. The highest BCUT2D eigenvalue weighted by Gasteiger charge is 2.17. The summed E-state index contributed by atoms with van der Waals surface area (Å²) in [6.07, 6.45) is 1.59. The first kappa shape index (κ1) is 14.9. The van der Waals surface area contributed by atoms with Gasteiger partial charge in [-0.2, -0.15) is 0 Å². The molecule has 0 bridgehead atoms. The molecule has 4 heteroatoms. The SMILES string of the molecule is C=CCOc1c(-c2ccc(OC)cc2)oc2ccccc2c1=O. The molecule has 23 heavy (non-hydrogen) atoms. The summed E-state index contributed by atoms with van der Waals surface area (Å²) in [4.78, 5) is 12.7. The summed E-state index contributed by atoms with van der Waals surface area (Å²) in [5, 5.41) is 0.490. The molecule has 1 aromatic heterocycles. The lowest BCUT2D eigenvalue weighted by molar-refractivity contribution is 0.351. The lowest BCUT2D eigenvalue weighted by Crippen LogP contribution is -2.10. The van der Waals surface area contributed by atoms with Crippen molar-refractivity contribution in [3.05, 3.63) is 71.4 Å². The summed E-state index contributed by atoms with van der Waals surface area (Å²) < 4.78 is 16.7. The second-order valence-corrected chi connectivity index (χ2v) is 4.91. The Labute approximate surface area is 133 Å². The van der Waals surface area contributed by atoms with Crippen LogP contribution in [0, 0.1) is 0 Å². The molecule has 0 atom stereocenters. The molecule has 0 fully saturated rings. The van der Waals surface area contributed by atoms with Crippen molar-refractivity contribution in [3.63, 3.8) is 0 Å². The molecule has 1 heterocycles. The van der Waals surface area contributed by atoms with Gasteiger partial charge in [0.2, 0.25) is 11.2 Å². The molecule has 116 valence electrons. The quantitative estimate of drug-likeness (QED) is 0.668. The van der Waals surface area contributed by atoms with Gasteiger partial charge in [0, 0.05) is 5.56 Å². The Morgan fingerprint density at radius 2 is 1.87 bits per heavy atom. The van der Waals surface area contributed by atoms with Crippen LogP contribution in [-0.2, 0) is 0 Å². The number of hydrogen-bond donors (Lipinski definition) is 0. The minimum atomic E-state index is -0.195. The van der Waals surface area contributed by atoms with Crippen LogP contribution >= 0.6 is 0 Å². The molecule has 0 aliphatic carbocycles. The van der Waals surface area contributed by atoms with Crippen LogP contribution in [0.25, 0.3) is 22.3 Å². The average Bonchev–Trinajstić information content (AvgIpc) is 2.61. The monoisotopic (exact) mass is 308 g/mol. The Morgan fingerprint density at radius 3 is 2.57 bits per heavy atom. The Morgan fingerprint density at radius 1 is 1.13 bits per heavy atom. The molecule has 0 N–H and O–H groups in total. The largest absolute Gasteiger partial charge is 0.497 e. The third kappa shape index (κ3) is 2.83. The van der Waals surface area contributed by atoms with Crippen LogP contribution in [0.2, 0.25) is 0 Å². The molecule has 0 aliphatic rings. The van der Waals surface area contributed by atoms with E-state index in [9.17, 15) is 4.79 Å². The summed E-state index contributed by atoms with van der Waals surface area (Å²) in [6, 6.07) is 14.4. The molecule has 3 rings (SSSR count). The minimum absolute atomic E-state index is 0.189. The third-order valence-corrected chi connectivity index (χ3v) is 3.45. The van der Waals surface area contributed by atoms with Crippen molar-refractivity contribution in [1.82, 2.24) is 0 Å². The highest BCUT2D eigenvalue weighted by atomic mass is 16.5. The molecule has 4 nitrogen and oxygen atoms in total. The van der Waals surface area contributed by atoms with E-state index in [-0.39, 0.29) is 17.8 Å². The lowest BCUT2D eigenvalue weighted by Gasteiger charge is -2.11. The Balaban J connectivity index is 2.23. The van der Waals surface area contributed by atoms with Crippen LogP contribution in [0.1, 0.15) is 0 Å². The maximum atomic E-state index is 12.7. The number of methoxy groups -OCH3 is 1. The zero-order valence-electron chi connectivity index (χ0n) is 12.7. The van der Waals surface area contributed by atoms with Gasteiger partial charge in [0.15, 0.2) is 5.76 Å². The summed E-state index contributed by atoms with van der Waals surface area (Å²) in [6.45, 7) is 3.85. The normalized spacial score (nSPS) is 10.5. The fraction of sp³-hybridized carbons (Fsp3) is 0.105. The first-order valence-corrected chi connectivity index (χ1v) is 7.18. The molecule has 0 unspecified atom stereocenters. The van der Waals surface area contributed by atoms with E-state index >= 15 is 0 Å². The number of fused-ring (bicyclic) bond motifs is 1.